The lowest BCUT2D eigenvalue weighted by atomic mass is 10.1. The fourth-order valence-corrected chi connectivity index (χ4v) is 2.56. The molecular weight excluding hydrogens is 322 g/mol. The molecule has 5 nitrogen and oxygen atoms in total. The molecule has 0 aliphatic carbocycles. The number of nitrogens with one attached hydrogen (secondary N) is 1. The Kier molecular flexibility index (Phi) is 6.48. The van der Waals surface area contributed by atoms with Crippen molar-refractivity contribution in [3.05, 3.63) is 39.8 Å². The minimum Gasteiger partial charge on any atom is -0.490 e. The van der Waals surface area contributed by atoms with Crippen LogP contribution in [0, 0.1) is 6.92 Å². The number of aliphatic hydroxyl groups is 1. The molecule has 2 rings (SSSR count). The van der Waals surface area contributed by atoms with Crippen LogP contribution < -0.4 is 10.1 Å². The van der Waals surface area contributed by atoms with Gasteiger partial charge in [0.25, 0.3) is 0 Å². The number of benzene rings is 1. The van der Waals surface area contributed by atoms with Gasteiger partial charge in [0.2, 0.25) is 0 Å². The summed E-state index contributed by atoms with van der Waals surface area (Å²) >= 11 is 1.54. The molecule has 0 bridgehead atoms. The van der Waals surface area contributed by atoms with E-state index < -0.39 is 6.10 Å². The van der Waals surface area contributed by atoms with E-state index in [0.29, 0.717) is 6.54 Å². The number of aromatic nitrogens is 2. The highest BCUT2D eigenvalue weighted by atomic mass is 32.1. The SMILES string of the molecule is Cc1nnc(/C=C\c2ccccc2OCC(O)CNC(C)(C)C)s1. The van der Waals surface area contributed by atoms with E-state index in [1.807, 2.05) is 43.3 Å². The molecule has 6 heteroatoms. The summed E-state index contributed by atoms with van der Waals surface area (Å²) in [4.78, 5) is 0. The first-order valence-corrected chi connectivity index (χ1v) is 8.78. The number of β-amino-alcohol motifs (C(OH)–C–C–N with tert-alkyl or cyclic N) is 1. The Balaban J connectivity index is 1.95. The molecule has 1 heterocycles. The predicted molar refractivity (Wildman–Crippen MR) is 99.3 cm³/mol. The highest BCUT2D eigenvalue weighted by molar-refractivity contribution is 7.12. The zero-order valence-corrected chi connectivity index (χ0v) is 15.4. The van der Waals surface area contributed by atoms with Gasteiger partial charge in [0.05, 0.1) is 0 Å². The van der Waals surface area contributed by atoms with E-state index in [1.165, 1.54) is 0 Å². The molecule has 24 heavy (non-hydrogen) atoms. The van der Waals surface area contributed by atoms with Gasteiger partial charge in [0.1, 0.15) is 28.5 Å². The second-order valence-electron chi connectivity index (χ2n) is 6.63. The van der Waals surface area contributed by atoms with E-state index in [4.69, 9.17) is 4.74 Å². The molecule has 0 amide bonds. The van der Waals surface area contributed by atoms with Crippen molar-refractivity contribution < 1.29 is 9.84 Å². The van der Waals surface area contributed by atoms with Gasteiger partial charge in [-0.2, -0.15) is 0 Å². The maximum Gasteiger partial charge on any atom is 0.140 e. The maximum absolute atomic E-state index is 10.1. The molecule has 130 valence electrons. The molecule has 0 saturated carbocycles. The predicted octanol–water partition coefficient (Wildman–Crippen LogP) is 3.14. The van der Waals surface area contributed by atoms with Gasteiger partial charge in [-0.05, 0) is 45.9 Å². The van der Waals surface area contributed by atoms with Crippen molar-refractivity contribution in [1.29, 1.82) is 0 Å². The van der Waals surface area contributed by atoms with Crippen LogP contribution in [0.3, 0.4) is 0 Å². The summed E-state index contributed by atoms with van der Waals surface area (Å²) in [6.45, 7) is 8.86. The Bertz CT molecular complexity index is 677. The fourth-order valence-electron chi connectivity index (χ4n) is 1.96. The second-order valence-corrected chi connectivity index (χ2v) is 7.84. The van der Waals surface area contributed by atoms with Gasteiger partial charge in [0.15, 0.2) is 0 Å². The molecule has 0 aliphatic heterocycles. The van der Waals surface area contributed by atoms with Crippen LogP contribution in [-0.4, -0.2) is 40.1 Å². The highest BCUT2D eigenvalue weighted by Gasteiger charge is 2.13. The molecule has 0 radical (unpaired) electrons. The highest BCUT2D eigenvalue weighted by Crippen LogP contribution is 2.21. The number of hydrogen-bond donors (Lipinski definition) is 2. The van der Waals surface area contributed by atoms with Crippen molar-refractivity contribution in [3.8, 4) is 5.75 Å². The molecule has 2 N–H and O–H groups in total. The smallest absolute Gasteiger partial charge is 0.140 e. The lowest BCUT2D eigenvalue weighted by molar-refractivity contribution is 0.0999. The van der Waals surface area contributed by atoms with Gasteiger partial charge in [-0.25, -0.2) is 0 Å². The first kappa shape index (κ1) is 18.6. The molecule has 0 aliphatic rings. The molecule has 0 spiro atoms. The topological polar surface area (TPSA) is 67.3 Å². The standard InChI is InChI=1S/C18H25N3O2S/c1-13-20-21-17(24-13)10-9-14-7-5-6-8-16(14)23-12-15(22)11-19-18(2,3)4/h5-10,15,19,22H,11-12H2,1-4H3/b10-9-. The molecule has 0 saturated heterocycles. The number of para-hydroxylation sites is 1. The maximum atomic E-state index is 10.1. The largest absolute Gasteiger partial charge is 0.490 e. The lowest BCUT2D eigenvalue weighted by Crippen LogP contribution is -2.42. The van der Waals surface area contributed by atoms with Crippen molar-refractivity contribution >= 4 is 23.5 Å². The molecule has 0 fully saturated rings. The summed E-state index contributed by atoms with van der Waals surface area (Å²) in [6, 6.07) is 7.74. The third-order valence-corrected chi connectivity index (χ3v) is 3.97. The van der Waals surface area contributed by atoms with Gasteiger partial charge in [-0.15, -0.1) is 10.2 Å². The minimum absolute atomic E-state index is 0.0263. The molecule has 1 aromatic heterocycles. The monoisotopic (exact) mass is 347 g/mol. The van der Waals surface area contributed by atoms with Gasteiger partial charge < -0.3 is 15.2 Å². The van der Waals surface area contributed by atoms with Crippen LogP contribution in [0.15, 0.2) is 24.3 Å². The number of aliphatic hydroxyl groups excluding tert-OH is 1. The Labute approximate surface area is 147 Å². The zero-order valence-electron chi connectivity index (χ0n) is 14.6. The Morgan fingerprint density at radius 2 is 2.00 bits per heavy atom. The van der Waals surface area contributed by atoms with Gasteiger partial charge in [-0.1, -0.05) is 29.5 Å². The van der Waals surface area contributed by atoms with E-state index in [1.54, 1.807) is 11.3 Å². The van der Waals surface area contributed by atoms with Crippen molar-refractivity contribution in [2.45, 2.75) is 39.3 Å². The lowest BCUT2D eigenvalue weighted by Gasteiger charge is -2.23. The molecular formula is C18H25N3O2S. The molecule has 1 unspecified atom stereocenters. The van der Waals surface area contributed by atoms with E-state index in [2.05, 4.69) is 36.3 Å². The third kappa shape index (κ3) is 6.39. The summed E-state index contributed by atoms with van der Waals surface area (Å²) < 4.78 is 5.78. The van der Waals surface area contributed by atoms with Crippen LogP contribution in [-0.2, 0) is 0 Å². The van der Waals surface area contributed by atoms with Crippen LogP contribution in [0.5, 0.6) is 5.75 Å². The van der Waals surface area contributed by atoms with Crippen molar-refractivity contribution in [1.82, 2.24) is 15.5 Å². The molecule has 1 aromatic carbocycles. The van der Waals surface area contributed by atoms with Crippen molar-refractivity contribution in [2.24, 2.45) is 0 Å². The minimum atomic E-state index is -0.563. The van der Waals surface area contributed by atoms with Gasteiger partial charge >= 0.3 is 0 Å². The summed E-state index contributed by atoms with van der Waals surface area (Å²) in [5.41, 5.74) is 0.919. The average Bonchev–Trinajstić information content (AvgIpc) is 2.94. The quantitative estimate of drug-likeness (QED) is 0.805. The van der Waals surface area contributed by atoms with Gasteiger partial charge in [0, 0.05) is 17.6 Å². The summed E-state index contributed by atoms with van der Waals surface area (Å²) in [5.74, 6) is 0.741. The first-order valence-electron chi connectivity index (χ1n) is 7.96. The van der Waals surface area contributed by atoms with Crippen LogP contribution in [0.25, 0.3) is 12.2 Å². The van der Waals surface area contributed by atoms with Crippen molar-refractivity contribution in [3.63, 3.8) is 0 Å². The molecule has 2 aromatic rings. The van der Waals surface area contributed by atoms with E-state index >= 15 is 0 Å². The summed E-state index contributed by atoms with van der Waals surface area (Å²) in [5, 5.41) is 23.2. The number of aryl methyl sites for hydroxylation is 1. The van der Waals surface area contributed by atoms with Crippen LogP contribution in [0.4, 0.5) is 0 Å². The zero-order chi connectivity index (χ0) is 17.6. The summed E-state index contributed by atoms with van der Waals surface area (Å²) in [6.07, 6.45) is 3.31. The summed E-state index contributed by atoms with van der Waals surface area (Å²) in [7, 11) is 0. The normalized spacial score (nSPS) is 13.4. The van der Waals surface area contributed by atoms with Gasteiger partial charge in [-0.3, -0.25) is 0 Å². The van der Waals surface area contributed by atoms with E-state index in [0.717, 1.165) is 21.3 Å². The van der Waals surface area contributed by atoms with Crippen LogP contribution in [0.2, 0.25) is 0 Å². The van der Waals surface area contributed by atoms with Crippen LogP contribution in [0.1, 0.15) is 36.3 Å². The second kappa shape index (κ2) is 8.37. The Hall–Kier alpha value is -1.76. The first-order chi connectivity index (χ1) is 11.3. The van der Waals surface area contributed by atoms with Crippen LogP contribution >= 0.6 is 11.3 Å². The van der Waals surface area contributed by atoms with Crippen molar-refractivity contribution in [2.75, 3.05) is 13.2 Å². The Morgan fingerprint density at radius 1 is 1.25 bits per heavy atom. The third-order valence-electron chi connectivity index (χ3n) is 3.17. The number of rotatable bonds is 7. The number of ether oxygens (including phenoxy) is 1. The number of nitrogens with zero attached hydrogens (tertiary/aromatic N) is 2. The van der Waals surface area contributed by atoms with E-state index in [-0.39, 0.29) is 12.1 Å². The average molecular weight is 347 g/mol. The Morgan fingerprint density at radius 3 is 2.67 bits per heavy atom. The molecule has 1 atom stereocenters. The number of hydrogen-bond acceptors (Lipinski definition) is 6. The fraction of sp³-hybridized carbons (Fsp3) is 0.444. The van der Waals surface area contributed by atoms with E-state index in [9.17, 15) is 5.11 Å².